The number of H-pyrrole nitrogens is 1. The van der Waals surface area contributed by atoms with Crippen LogP contribution in [0.5, 0.6) is 0 Å². The van der Waals surface area contributed by atoms with Gasteiger partial charge in [-0.15, -0.1) is 0 Å². The number of likely N-dealkylation sites (tertiary alicyclic amines) is 1. The van der Waals surface area contributed by atoms with Gasteiger partial charge in [0.05, 0.1) is 35.2 Å². The Balaban J connectivity index is 0.965. The molecule has 7 aliphatic rings. The van der Waals surface area contributed by atoms with E-state index in [9.17, 15) is 14.7 Å². The molecule has 0 unspecified atom stereocenters. The lowest BCUT2D eigenvalue weighted by Crippen LogP contribution is -2.67. The van der Waals surface area contributed by atoms with E-state index in [1.54, 1.807) is 0 Å². The lowest BCUT2D eigenvalue weighted by atomic mass is 9.32. The number of imidazole rings is 1. The van der Waals surface area contributed by atoms with Gasteiger partial charge in [-0.05, 0) is 154 Å². The summed E-state index contributed by atoms with van der Waals surface area (Å²) in [6.07, 6.45) is 14.7. The average molecular weight is 820 g/mol. The molecule has 0 radical (unpaired) electrons. The fourth-order valence-electron chi connectivity index (χ4n) is 16.6. The van der Waals surface area contributed by atoms with Crippen LogP contribution in [-0.4, -0.2) is 50.5 Å². The maximum absolute atomic E-state index is 15.6. The van der Waals surface area contributed by atoms with Crippen molar-refractivity contribution in [2.75, 3.05) is 6.54 Å². The largest absolute Gasteiger partial charge is 0.481 e. The number of carboxylic acid groups (broad SMARTS) is 1. The van der Waals surface area contributed by atoms with Gasteiger partial charge in [-0.1, -0.05) is 90.4 Å². The molecule has 13 atom stereocenters. The smallest absolute Gasteiger partial charge is 0.309 e. The van der Waals surface area contributed by atoms with Crippen LogP contribution in [0.25, 0.3) is 11.3 Å². The third-order valence-corrected chi connectivity index (χ3v) is 20.3. The fraction of sp³-hybridized carbons (Fsp3) is 0.731. The molecule has 2 N–H and O–H groups in total. The number of ether oxygens (including phenoxy) is 1. The zero-order valence-corrected chi connectivity index (χ0v) is 38.2. The first-order chi connectivity index (χ1) is 28.2. The molecule has 6 aliphatic carbocycles. The van der Waals surface area contributed by atoms with Gasteiger partial charge in [0.2, 0.25) is 5.91 Å². The van der Waals surface area contributed by atoms with Crippen LogP contribution in [0.15, 0.2) is 42.6 Å². The first kappa shape index (κ1) is 41.9. The van der Waals surface area contributed by atoms with E-state index < -0.39 is 17.3 Å². The molecule has 1 saturated heterocycles. The number of benzene rings is 1. The minimum Gasteiger partial charge on any atom is -0.481 e. The highest BCUT2D eigenvalue weighted by Crippen LogP contribution is 2.78. The molecule has 1 aromatic heterocycles. The average Bonchev–Trinajstić information content (AvgIpc) is 3.95. The standard InChI is InChI=1S/C52H73N3O5/c1-30(2)33-19-24-52(46(59)55-27-11-12-38(55)43-53-29-37(54-43)32-15-13-31(3)14-16-32)26-25-50(9)34(42(33)52)17-18-40-49(8)22-21-41(48(6,7)39(49)20-23-51(40,50)10)60-45(58)36-28-35(44(56)57)47(36,4)5/h13-16,29,33-36,38-42H,1,11-12,17-28H2,2-10H3,(H,53,54)(H,56,57)/t33-,34+,35-,36+,38+,39-,40+,41-,42+,49-,50+,51+,52-/m0/s1. The molecule has 0 bridgehead atoms. The molecule has 0 spiro atoms. The summed E-state index contributed by atoms with van der Waals surface area (Å²) in [4.78, 5) is 51.9. The minimum atomic E-state index is -0.817. The van der Waals surface area contributed by atoms with E-state index in [4.69, 9.17) is 9.72 Å². The van der Waals surface area contributed by atoms with Gasteiger partial charge in [-0.2, -0.15) is 0 Å². The number of rotatable bonds is 7. The first-order valence-electron chi connectivity index (χ1n) is 23.7. The van der Waals surface area contributed by atoms with Crippen molar-refractivity contribution in [2.24, 2.45) is 73.9 Å². The Labute approximate surface area is 359 Å². The van der Waals surface area contributed by atoms with Gasteiger partial charge in [0.25, 0.3) is 0 Å². The lowest BCUT2D eigenvalue weighted by Gasteiger charge is -2.73. The summed E-state index contributed by atoms with van der Waals surface area (Å²) in [7, 11) is 0. The number of aryl methyl sites for hydroxylation is 1. The van der Waals surface area contributed by atoms with E-state index in [1.165, 1.54) is 17.6 Å². The van der Waals surface area contributed by atoms with E-state index >= 15 is 4.79 Å². The second kappa shape index (κ2) is 14.0. The Bertz CT molecular complexity index is 2070. The van der Waals surface area contributed by atoms with Crippen molar-refractivity contribution in [1.82, 2.24) is 14.9 Å². The summed E-state index contributed by atoms with van der Waals surface area (Å²) >= 11 is 0. The molecule has 1 amide bonds. The van der Waals surface area contributed by atoms with Gasteiger partial charge in [0.1, 0.15) is 11.9 Å². The van der Waals surface area contributed by atoms with Gasteiger partial charge in [-0.25, -0.2) is 4.98 Å². The second-order valence-electron chi connectivity index (χ2n) is 23.3. The number of aromatic nitrogens is 2. The summed E-state index contributed by atoms with van der Waals surface area (Å²) in [6.45, 7) is 26.2. The maximum atomic E-state index is 15.6. The van der Waals surface area contributed by atoms with Crippen LogP contribution in [0.3, 0.4) is 0 Å². The molecular weight excluding hydrogens is 747 g/mol. The van der Waals surface area contributed by atoms with Crippen molar-refractivity contribution in [3.05, 3.63) is 54.0 Å². The normalized spacial score (nSPS) is 42.5. The minimum absolute atomic E-state index is 0.0213. The predicted octanol–water partition coefficient (Wildman–Crippen LogP) is 11.4. The molecule has 8 heteroatoms. The molecule has 2 aromatic rings. The number of hydrogen-bond acceptors (Lipinski definition) is 5. The third kappa shape index (κ3) is 5.78. The van der Waals surface area contributed by atoms with E-state index in [0.717, 1.165) is 94.3 Å². The number of carboxylic acids is 1. The van der Waals surface area contributed by atoms with Gasteiger partial charge < -0.3 is 19.7 Å². The highest BCUT2D eigenvalue weighted by molar-refractivity contribution is 5.85. The number of carbonyl (C=O) groups is 3. The second-order valence-corrected chi connectivity index (χ2v) is 23.3. The van der Waals surface area contributed by atoms with E-state index in [-0.39, 0.29) is 51.1 Å². The first-order valence-corrected chi connectivity index (χ1v) is 23.7. The number of nitrogens with one attached hydrogen (secondary N) is 1. The molecule has 1 aromatic carbocycles. The molecule has 2 heterocycles. The van der Waals surface area contributed by atoms with Crippen molar-refractivity contribution in [1.29, 1.82) is 0 Å². The van der Waals surface area contributed by atoms with Crippen molar-refractivity contribution < 1.29 is 24.2 Å². The number of fused-ring (bicyclic) bond motifs is 7. The van der Waals surface area contributed by atoms with Crippen LogP contribution in [0.1, 0.15) is 156 Å². The van der Waals surface area contributed by atoms with Crippen molar-refractivity contribution in [3.63, 3.8) is 0 Å². The predicted molar refractivity (Wildman–Crippen MR) is 234 cm³/mol. The molecule has 60 heavy (non-hydrogen) atoms. The van der Waals surface area contributed by atoms with Crippen LogP contribution in [-0.2, 0) is 19.1 Å². The molecule has 6 saturated carbocycles. The summed E-state index contributed by atoms with van der Waals surface area (Å²) in [5.74, 6) is 1.53. The lowest BCUT2D eigenvalue weighted by molar-refractivity contribution is -0.251. The Kier molecular flexibility index (Phi) is 9.81. The number of aromatic amines is 1. The Hall–Kier alpha value is -3.42. The highest BCUT2D eigenvalue weighted by Gasteiger charge is 2.72. The van der Waals surface area contributed by atoms with Gasteiger partial charge in [0, 0.05) is 12.0 Å². The fourth-order valence-corrected chi connectivity index (χ4v) is 16.6. The van der Waals surface area contributed by atoms with Gasteiger partial charge >= 0.3 is 11.9 Å². The van der Waals surface area contributed by atoms with Gasteiger partial charge in [-0.3, -0.25) is 14.4 Å². The quantitative estimate of drug-likeness (QED) is 0.212. The van der Waals surface area contributed by atoms with Crippen molar-refractivity contribution in [3.8, 4) is 11.3 Å². The monoisotopic (exact) mass is 820 g/mol. The molecule has 8 nitrogen and oxygen atoms in total. The summed E-state index contributed by atoms with van der Waals surface area (Å²) in [5.41, 5.74) is 3.84. The topological polar surface area (TPSA) is 113 Å². The zero-order valence-electron chi connectivity index (χ0n) is 38.2. The SMILES string of the molecule is C=C(C)[C@@H]1CC[C@]2(C(=O)N3CCC[C@@H]3c3ncc(-c4ccc(C)cc4)[nH]3)CC[C@]3(C)[C@H](CC[C@@H]4[C@@]5(C)CC[C@H](OC(=O)[C@H]6C[C@@H](C(=O)O)C6(C)C)C(C)(C)[C@@H]5CC[C@]43C)[C@@H]12. The van der Waals surface area contributed by atoms with E-state index in [0.29, 0.717) is 41.9 Å². The van der Waals surface area contributed by atoms with Crippen LogP contribution >= 0.6 is 0 Å². The number of aliphatic carboxylic acids is 1. The van der Waals surface area contributed by atoms with Crippen LogP contribution in [0.4, 0.5) is 0 Å². The highest BCUT2D eigenvalue weighted by atomic mass is 16.5. The van der Waals surface area contributed by atoms with E-state index in [1.807, 2.05) is 20.0 Å². The number of allylic oxidation sites excluding steroid dienone is 1. The summed E-state index contributed by atoms with van der Waals surface area (Å²) < 4.78 is 6.47. The van der Waals surface area contributed by atoms with Gasteiger partial charge in [0.15, 0.2) is 0 Å². The third-order valence-electron chi connectivity index (χ3n) is 20.3. The molecular formula is C52H73N3O5. The zero-order chi connectivity index (χ0) is 42.9. The Morgan fingerprint density at radius 1 is 0.833 bits per heavy atom. The number of hydrogen-bond donors (Lipinski definition) is 2. The Morgan fingerprint density at radius 2 is 1.57 bits per heavy atom. The molecule has 7 fully saturated rings. The maximum Gasteiger partial charge on any atom is 0.309 e. The summed E-state index contributed by atoms with van der Waals surface area (Å²) in [5, 5.41) is 9.71. The molecule has 1 aliphatic heterocycles. The van der Waals surface area contributed by atoms with Crippen LogP contribution in [0, 0.1) is 80.8 Å². The summed E-state index contributed by atoms with van der Waals surface area (Å²) in [6, 6.07) is 8.54. The Morgan fingerprint density at radius 3 is 2.25 bits per heavy atom. The number of nitrogens with zero attached hydrogens (tertiary/aromatic N) is 2. The van der Waals surface area contributed by atoms with E-state index in [2.05, 4.69) is 89.2 Å². The van der Waals surface area contributed by atoms with Crippen LogP contribution < -0.4 is 0 Å². The molecule has 326 valence electrons. The van der Waals surface area contributed by atoms with Crippen molar-refractivity contribution in [2.45, 2.75) is 158 Å². The molecule has 9 rings (SSSR count). The number of carbonyl (C=O) groups excluding carboxylic acids is 2. The van der Waals surface area contributed by atoms with Crippen LogP contribution in [0.2, 0.25) is 0 Å². The van der Waals surface area contributed by atoms with Crippen molar-refractivity contribution >= 4 is 17.8 Å². The number of amides is 1. The number of esters is 1.